The Labute approximate surface area is 162 Å². The molecule has 0 amide bonds. The molecule has 0 N–H and O–H groups in total. The van der Waals surface area contributed by atoms with Crippen molar-refractivity contribution in [1.82, 2.24) is 8.87 Å². The number of halogens is 1. The van der Waals surface area contributed by atoms with E-state index in [1.807, 2.05) is 0 Å². The van der Waals surface area contributed by atoms with Crippen LogP contribution in [-0.2, 0) is 17.1 Å². The third kappa shape index (κ3) is 3.39. The largest absolute Gasteiger partial charge is 0.419 e. The van der Waals surface area contributed by atoms with Gasteiger partial charge in [0.05, 0.1) is 10.4 Å². The van der Waals surface area contributed by atoms with E-state index in [0.717, 1.165) is 24.3 Å². The van der Waals surface area contributed by atoms with E-state index < -0.39 is 15.8 Å². The lowest BCUT2D eigenvalue weighted by Gasteiger charge is -2.34. The van der Waals surface area contributed by atoms with Crippen LogP contribution in [0.1, 0.15) is 19.3 Å². The van der Waals surface area contributed by atoms with Gasteiger partial charge in [-0.1, -0.05) is 29.8 Å². The molecule has 1 atom stereocenters. The molecule has 144 valence electrons. The highest BCUT2D eigenvalue weighted by Gasteiger charge is 2.32. The molecule has 1 saturated heterocycles. The van der Waals surface area contributed by atoms with Gasteiger partial charge in [-0.25, -0.2) is 13.2 Å². The summed E-state index contributed by atoms with van der Waals surface area (Å²) in [5, 5.41) is 0.857. The quantitative estimate of drug-likeness (QED) is 0.731. The summed E-state index contributed by atoms with van der Waals surface area (Å²) >= 11 is 6.14. The van der Waals surface area contributed by atoms with Gasteiger partial charge in [0.25, 0.3) is 0 Å². The molecule has 8 heteroatoms. The highest BCUT2D eigenvalue weighted by atomic mass is 35.5. The Bertz CT molecular complexity index is 1090. The molecule has 2 aromatic rings. The molecule has 0 radical (unpaired) electrons. The standard InChI is InChI=1S/C19H21ClN2O4S/c1-21-17-6-5-16(12-18(17)26-19(21)23)27(24,25)22-9-7-13(8-10-22)14-3-2-4-15(20)11-14/h2-3,5-6,11-14H,4,7-10H2,1H3. The molecular weight excluding hydrogens is 388 g/mol. The van der Waals surface area contributed by atoms with Crippen molar-refractivity contribution in [3.63, 3.8) is 0 Å². The number of aromatic nitrogens is 1. The average molecular weight is 409 g/mol. The van der Waals surface area contributed by atoms with E-state index >= 15 is 0 Å². The van der Waals surface area contributed by atoms with Crippen molar-refractivity contribution in [3.8, 4) is 0 Å². The summed E-state index contributed by atoms with van der Waals surface area (Å²) in [6.45, 7) is 0.944. The Balaban J connectivity index is 1.53. The van der Waals surface area contributed by atoms with Crippen LogP contribution in [0, 0.1) is 11.8 Å². The van der Waals surface area contributed by atoms with Gasteiger partial charge in [-0.3, -0.25) is 4.57 Å². The summed E-state index contributed by atoms with van der Waals surface area (Å²) in [7, 11) is -2.03. The second-order valence-corrected chi connectivity index (χ2v) is 9.54. The third-order valence-corrected chi connectivity index (χ3v) is 7.66. The SMILES string of the molecule is Cn1c(=O)oc2cc(S(=O)(=O)N3CCC(C4C=CCC(Cl)=C4)CC3)ccc21. The molecule has 0 bridgehead atoms. The number of allylic oxidation sites excluding steroid dienone is 4. The van der Waals surface area contributed by atoms with Crippen molar-refractivity contribution in [1.29, 1.82) is 0 Å². The van der Waals surface area contributed by atoms with Crippen LogP contribution in [0.15, 0.2) is 55.6 Å². The molecule has 2 aliphatic rings. The van der Waals surface area contributed by atoms with Gasteiger partial charge in [-0.05, 0) is 36.8 Å². The number of piperidine rings is 1. The summed E-state index contributed by atoms with van der Waals surface area (Å²) in [6, 6.07) is 4.58. The molecule has 1 aliphatic carbocycles. The number of hydrogen-bond acceptors (Lipinski definition) is 4. The van der Waals surface area contributed by atoms with E-state index in [1.54, 1.807) is 13.1 Å². The molecular formula is C19H21ClN2O4S. The summed E-state index contributed by atoms with van der Waals surface area (Å²) in [4.78, 5) is 11.8. The number of rotatable bonds is 3. The Morgan fingerprint density at radius 1 is 1.22 bits per heavy atom. The molecule has 2 heterocycles. The number of sulfonamides is 1. The molecule has 1 aromatic heterocycles. The third-order valence-electron chi connectivity index (χ3n) is 5.49. The summed E-state index contributed by atoms with van der Waals surface area (Å²) in [6.07, 6.45) is 8.70. The van der Waals surface area contributed by atoms with Crippen molar-refractivity contribution in [2.45, 2.75) is 24.2 Å². The predicted molar refractivity (Wildman–Crippen MR) is 104 cm³/mol. The van der Waals surface area contributed by atoms with Crippen molar-refractivity contribution >= 4 is 32.7 Å². The molecule has 0 saturated carbocycles. The Morgan fingerprint density at radius 3 is 2.67 bits per heavy atom. The first-order valence-corrected chi connectivity index (χ1v) is 10.8. The minimum atomic E-state index is -3.62. The van der Waals surface area contributed by atoms with E-state index in [-0.39, 0.29) is 16.4 Å². The van der Waals surface area contributed by atoms with E-state index in [9.17, 15) is 13.2 Å². The maximum Gasteiger partial charge on any atom is 0.419 e. The van der Waals surface area contributed by atoms with Crippen LogP contribution >= 0.6 is 11.6 Å². The second kappa shape index (κ2) is 6.96. The first-order valence-electron chi connectivity index (χ1n) is 8.99. The minimum absolute atomic E-state index is 0.156. The highest BCUT2D eigenvalue weighted by Crippen LogP contribution is 2.33. The van der Waals surface area contributed by atoms with Crippen LogP contribution in [0.25, 0.3) is 11.1 Å². The Hall–Kier alpha value is -1.83. The predicted octanol–water partition coefficient (Wildman–Crippen LogP) is 3.23. The number of aryl methyl sites for hydroxylation is 1. The number of oxazole rings is 1. The van der Waals surface area contributed by atoms with Gasteiger partial charge in [0.15, 0.2) is 5.58 Å². The van der Waals surface area contributed by atoms with Crippen LogP contribution in [0.4, 0.5) is 0 Å². The molecule has 4 rings (SSSR count). The second-order valence-electron chi connectivity index (χ2n) is 7.12. The summed E-state index contributed by atoms with van der Waals surface area (Å²) in [5.41, 5.74) is 0.857. The maximum absolute atomic E-state index is 13.0. The smallest absolute Gasteiger partial charge is 0.408 e. The zero-order valence-corrected chi connectivity index (χ0v) is 16.5. The van der Waals surface area contributed by atoms with Gasteiger partial charge >= 0.3 is 5.76 Å². The molecule has 1 fully saturated rings. The zero-order valence-electron chi connectivity index (χ0n) is 15.0. The minimum Gasteiger partial charge on any atom is -0.408 e. The first-order chi connectivity index (χ1) is 12.9. The molecule has 1 aromatic carbocycles. The average Bonchev–Trinajstić information content (AvgIpc) is 2.95. The van der Waals surface area contributed by atoms with Crippen molar-refractivity contribution in [2.75, 3.05) is 13.1 Å². The van der Waals surface area contributed by atoms with Crippen molar-refractivity contribution < 1.29 is 12.8 Å². The fourth-order valence-corrected chi connectivity index (χ4v) is 5.61. The van der Waals surface area contributed by atoms with Crippen LogP contribution in [0.2, 0.25) is 0 Å². The number of hydrogen-bond donors (Lipinski definition) is 0. The van der Waals surface area contributed by atoms with E-state index in [1.165, 1.54) is 21.0 Å². The number of benzene rings is 1. The monoisotopic (exact) mass is 408 g/mol. The van der Waals surface area contributed by atoms with Crippen LogP contribution in [0.3, 0.4) is 0 Å². The fourth-order valence-electron chi connectivity index (χ4n) is 3.89. The van der Waals surface area contributed by atoms with Gasteiger partial charge in [-0.2, -0.15) is 4.31 Å². The van der Waals surface area contributed by atoms with Crippen molar-refractivity contribution in [2.24, 2.45) is 18.9 Å². The van der Waals surface area contributed by atoms with Crippen molar-refractivity contribution in [3.05, 3.63) is 52.0 Å². The van der Waals surface area contributed by atoms with Gasteiger partial charge < -0.3 is 4.42 Å². The molecule has 6 nitrogen and oxygen atoms in total. The Kier molecular flexibility index (Phi) is 4.78. The van der Waals surface area contributed by atoms with Gasteiger partial charge in [0.1, 0.15) is 0 Å². The zero-order chi connectivity index (χ0) is 19.2. The lowest BCUT2D eigenvalue weighted by Crippen LogP contribution is -2.39. The first kappa shape index (κ1) is 18.5. The van der Waals surface area contributed by atoms with Crippen LogP contribution in [-0.4, -0.2) is 30.4 Å². The van der Waals surface area contributed by atoms with Crippen LogP contribution in [0.5, 0.6) is 0 Å². The lowest BCUT2D eigenvalue weighted by molar-refractivity contribution is 0.249. The van der Waals surface area contributed by atoms with E-state index in [0.29, 0.717) is 24.5 Å². The van der Waals surface area contributed by atoms with Gasteiger partial charge in [0, 0.05) is 37.7 Å². The Morgan fingerprint density at radius 2 is 1.96 bits per heavy atom. The number of fused-ring (bicyclic) bond motifs is 1. The summed E-state index contributed by atoms with van der Waals surface area (Å²) in [5.74, 6) is 0.176. The number of nitrogens with zero attached hydrogens (tertiary/aromatic N) is 2. The lowest BCUT2D eigenvalue weighted by atomic mass is 9.83. The molecule has 27 heavy (non-hydrogen) atoms. The maximum atomic E-state index is 13.0. The van der Waals surface area contributed by atoms with E-state index in [2.05, 4.69) is 18.2 Å². The fraction of sp³-hybridized carbons (Fsp3) is 0.421. The topological polar surface area (TPSA) is 72.5 Å². The highest BCUT2D eigenvalue weighted by molar-refractivity contribution is 7.89. The normalized spacial score (nSPS) is 22.3. The summed E-state index contributed by atoms with van der Waals surface area (Å²) < 4.78 is 34.0. The van der Waals surface area contributed by atoms with Gasteiger partial charge in [-0.15, -0.1) is 0 Å². The molecule has 1 aliphatic heterocycles. The van der Waals surface area contributed by atoms with Gasteiger partial charge in [0.2, 0.25) is 10.0 Å². The van der Waals surface area contributed by atoms with Crippen LogP contribution < -0.4 is 5.76 Å². The molecule has 1 unspecified atom stereocenters. The van der Waals surface area contributed by atoms with E-state index in [4.69, 9.17) is 16.0 Å². The molecule has 0 spiro atoms.